The molecule has 4 rings (SSSR count). The van der Waals surface area contributed by atoms with E-state index < -0.39 is 59.8 Å². The van der Waals surface area contributed by atoms with Crippen LogP contribution in [0.1, 0.15) is 35.2 Å². The summed E-state index contributed by atoms with van der Waals surface area (Å²) in [5, 5.41) is 23.0. The predicted molar refractivity (Wildman–Crippen MR) is 135 cm³/mol. The Bertz CT molecular complexity index is 1660. The lowest BCUT2D eigenvalue weighted by Crippen LogP contribution is -2.30. The van der Waals surface area contributed by atoms with Gasteiger partial charge in [0.1, 0.15) is 29.1 Å². The summed E-state index contributed by atoms with van der Waals surface area (Å²) in [6.45, 7) is -0.336. The number of nitrogens with one attached hydrogen (secondary N) is 1. The first-order valence-corrected chi connectivity index (χ1v) is 13.6. The van der Waals surface area contributed by atoms with Crippen molar-refractivity contribution in [1.29, 1.82) is 10.5 Å². The van der Waals surface area contributed by atoms with Crippen LogP contribution in [-0.4, -0.2) is 21.8 Å². The minimum Gasteiger partial charge on any atom is -0.444 e. The third kappa shape index (κ3) is 5.49. The van der Waals surface area contributed by atoms with Gasteiger partial charge < -0.3 is 10.5 Å². The third-order valence-corrected chi connectivity index (χ3v) is 7.69. The van der Waals surface area contributed by atoms with Crippen LogP contribution < -0.4 is 11.1 Å². The fourth-order valence-electron chi connectivity index (χ4n) is 3.95. The fourth-order valence-corrected chi connectivity index (χ4v) is 5.41. The summed E-state index contributed by atoms with van der Waals surface area (Å²) in [6.07, 6.45) is -0.902. The molecule has 40 heavy (non-hydrogen) atoms. The van der Waals surface area contributed by atoms with E-state index in [4.69, 9.17) is 38.9 Å². The van der Waals surface area contributed by atoms with Gasteiger partial charge in [-0.1, -0.05) is 54.8 Å². The molecule has 1 saturated carbocycles. The van der Waals surface area contributed by atoms with Crippen LogP contribution in [0.25, 0.3) is 5.69 Å². The fraction of sp³-hybridized carbons (Fsp3) is 0.174. The Balaban J connectivity index is 1.83. The van der Waals surface area contributed by atoms with Crippen LogP contribution in [0.2, 0.25) is 10.0 Å². The van der Waals surface area contributed by atoms with Gasteiger partial charge in [-0.15, -0.1) is 0 Å². The number of nitrogens with zero attached hydrogens (tertiary/aromatic N) is 4. The monoisotopic (exact) mass is 620 g/mol. The number of nitrogens with two attached hydrogens (primary N) is 1. The Labute approximate surface area is 232 Å². The first-order valence-electron chi connectivity index (χ1n) is 10.9. The number of benzene rings is 2. The van der Waals surface area contributed by atoms with Gasteiger partial charge in [0.05, 0.1) is 27.1 Å². The van der Waals surface area contributed by atoms with Crippen LogP contribution in [0.5, 0.6) is 0 Å². The standard InChI is InChI=1S/C23H15Cl2F5N6O3S/c24-15-7-14(40(26,27,28,29)30)8-16(25)19(15)36-20(18(17(10-32)35-36)23(4-5-23)21(33)37)34-22(38)39-11-13-3-1-2-12(6-13)9-31/h1-3,6-8H,4-5,11H2,(H2,33,37)(H,34,38). The summed E-state index contributed by atoms with van der Waals surface area (Å²) >= 11 is 11.9. The van der Waals surface area contributed by atoms with Crippen molar-refractivity contribution < 1.29 is 33.8 Å². The van der Waals surface area contributed by atoms with Gasteiger partial charge >= 0.3 is 16.3 Å². The molecule has 1 aliphatic carbocycles. The van der Waals surface area contributed by atoms with E-state index in [9.17, 15) is 34.3 Å². The first kappa shape index (κ1) is 28.9. The number of aromatic nitrogens is 2. The maximum Gasteiger partial charge on any atom is 0.413 e. The highest BCUT2D eigenvalue weighted by atomic mass is 35.5. The molecule has 0 saturated heterocycles. The number of carbonyl (C=O) groups excluding carboxylic acids is 2. The lowest BCUT2D eigenvalue weighted by molar-refractivity contribution is -0.120. The number of primary amides is 1. The Kier molecular flexibility index (Phi) is 6.50. The number of hydrogen-bond donors (Lipinski definition) is 2. The van der Waals surface area contributed by atoms with Crippen LogP contribution in [0.3, 0.4) is 0 Å². The highest BCUT2D eigenvalue weighted by Gasteiger charge is 2.65. The lowest BCUT2D eigenvalue weighted by Gasteiger charge is -2.40. The van der Waals surface area contributed by atoms with E-state index in [0.717, 1.165) is 0 Å². The minimum absolute atomic E-state index is 0.0665. The van der Waals surface area contributed by atoms with Crippen molar-refractivity contribution in [3.8, 4) is 17.8 Å². The summed E-state index contributed by atoms with van der Waals surface area (Å²) in [5.74, 6) is -1.34. The number of rotatable bonds is 7. The van der Waals surface area contributed by atoms with Crippen LogP contribution in [0, 0.1) is 22.7 Å². The molecule has 1 aliphatic rings. The molecule has 17 heteroatoms. The van der Waals surface area contributed by atoms with Crippen LogP contribution in [-0.2, 0) is 21.6 Å². The Morgan fingerprint density at radius 1 is 1.10 bits per heavy atom. The Hall–Kier alpha value is -4.05. The average molecular weight is 621 g/mol. The van der Waals surface area contributed by atoms with Gasteiger partial charge in [-0.05, 0) is 42.7 Å². The molecule has 0 atom stereocenters. The zero-order valence-electron chi connectivity index (χ0n) is 19.7. The Morgan fingerprint density at radius 2 is 1.73 bits per heavy atom. The van der Waals surface area contributed by atoms with E-state index in [2.05, 4.69) is 10.4 Å². The second-order valence-electron chi connectivity index (χ2n) is 8.76. The molecule has 3 N–H and O–H groups in total. The van der Waals surface area contributed by atoms with Gasteiger partial charge in [-0.25, -0.2) is 9.48 Å². The quantitative estimate of drug-likeness (QED) is 0.276. The van der Waals surface area contributed by atoms with Crippen LogP contribution in [0.4, 0.5) is 30.0 Å². The van der Waals surface area contributed by atoms with Crippen LogP contribution in [0.15, 0.2) is 41.3 Å². The molecular weight excluding hydrogens is 606 g/mol. The molecule has 0 radical (unpaired) electrons. The van der Waals surface area contributed by atoms with Crippen molar-refractivity contribution in [3.63, 3.8) is 0 Å². The van der Waals surface area contributed by atoms with Crippen molar-refractivity contribution in [1.82, 2.24) is 9.78 Å². The van der Waals surface area contributed by atoms with Gasteiger partial charge in [0, 0.05) is 5.56 Å². The molecule has 0 unspecified atom stereocenters. The number of anilines is 1. The minimum atomic E-state index is -10.2. The van der Waals surface area contributed by atoms with Gasteiger partial charge in [0.15, 0.2) is 5.69 Å². The maximum atomic E-state index is 13.4. The normalized spacial score (nSPS) is 15.6. The summed E-state index contributed by atoms with van der Waals surface area (Å²) in [7, 11) is -10.2. The highest BCUT2D eigenvalue weighted by Crippen LogP contribution is 3.02. The molecule has 1 aromatic heterocycles. The molecule has 2 amide bonds. The molecule has 1 fully saturated rings. The predicted octanol–water partition coefficient (Wildman–Crippen LogP) is 6.85. The summed E-state index contributed by atoms with van der Waals surface area (Å²) in [6, 6.07) is 9.57. The smallest absolute Gasteiger partial charge is 0.413 e. The van der Waals surface area contributed by atoms with Gasteiger partial charge in [-0.2, -0.15) is 15.6 Å². The second kappa shape index (κ2) is 8.99. The van der Waals surface area contributed by atoms with E-state index in [-0.39, 0.29) is 42.7 Å². The second-order valence-corrected chi connectivity index (χ2v) is 12.0. The highest BCUT2D eigenvalue weighted by molar-refractivity contribution is 8.45. The number of nitriles is 2. The van der Waals surface area contributed by atoms with Crippen molar-refractivity contribution in [2.75, 3.05) is 5.32 Å². The van der Waals surface area contributed by atoms with E-state index in [0.29, 0.717) is 10.2 Å². The van der Waals surface area contributed by atoms with Crippen LogP contribution >= 0.6 is 33.4 Å². The zero-order valence-corrected chi connectivity index (χ0v) is 22.1. The zero-order chi connectivity index (χ0) is 29.7. The van der Waals surface area contributed by atoms with E-state index in [1.807, 2.05) is 6.07 Å². The van der Waals surface area contributed by atoms with Gasteiger partial charge in [0.25, 0.3) is 0 Å². The molecule has 1 heterocycles. The van der Waals surface area contributed by atoms with Crippen molar-refractivity contribution in [2.24, 2.45) is 5.73 Å². The number of hydrogen-bond acceptors (Lipinski definition) is 6. The molecule has 2 aromatic carbocycles. The summed E-state index contributed by atoms with van der Waals surface area (Å²) in [5.41, 5.74) is 3.53. The first-order chi connectivity index (χ1) is 18.4. The molecule has 3 aromatic rings. The average Bonchev–Trinajstić information content (AvgIpc) is 3.58. The topological polar surface area (TPSA) is 147 Å². The molecule has 0 bridgehead atoms. The summed E-state index contributed by atoms with van der Waals surface area (Å²) < 4.78 is 72.9. The van der Waals surface area contributed by atoms with E-state index in [1.165, 1.54) is 12.1 Å². The lowest BCUT2D eigenvalue weighted by atomic mass is 9.94. The molecular formula is C23H15Cl2F5N6O3S. The van der Waals surface area contributed by atoms with Crippen molar-refractivity contribution in [2.45, 2.75) is 29.8 Å². The number of ether oxygens (including phenoxy) is 1. The van der Waals surface area contributed by atoms with Crippen molar-refractivity contribution >= 4 is 51.2 Å². The maximum absolute atomic E-state index is 13.4. The third-order valence-electron chi connectivity index (χ3n) is 5.99. The number of halogens is 7. The van der Waals surface area contributed by atoms with E-state index >= 15 is 0 Å². The van der Waals surface area contributed by atoms with E-state index in [1.54, 1.807) is 18.2 Å². The van der Waals surface area contributed by atoms with Gasteiger partial charge in [-0.3, -0.25) is 10.1 Å². The number of amides is 2. The van der Waals surface area contributed by atoms with Crippen molar-refractivity contribution in [3.05, 3.63) is 68.8 Å². The molecule has 9 nitrogen and oxygen atoms in total. The summed E-state index contributed by atoms with van der Waals surface area (Å²) in [4.78, 5) is 22.7. The molecule has 0 spiro atoms. The molecule has 210 valence electrons. The molecule has 0 aliphatic heterocycles. The Morgan fingerprint density at radius 3 is 2.23 bits per heavy atom. The SMILES string of the molecule is N#Cc1cccc(COC(=O)Nc2c(C3(C(N)=O)CC3)c(C#N)nn2-c2c(Cl)cc(S(F)(F)(F)(F)F)cc2Cl)c1. The van der Waals surface area contributed by atoms with Gasteiger partial charge in [0.2, 0.25) is 5.91 Å². The largest absolute Gasteiger partial charge is 0.444 e. The number of carbonyl (C=O) groups is 2.